The van der Waals surface area contributed by atoms with Crippen LogP contribution in [0.4, 0.5) is 0 Å². The van der Waals surface area contributed by atoms with E-state index in [9.17, 15) is 4.79 Å². The molecule has 1 aliphatic rings. The van der Waals surface area contributed by atoms with Crippen molar-refractivity contribution < 1.29 is 4.79 Å². The van der Waals surface area contributed by atoms with Crippen molar-refractivity contribution in [1.82, 2.24) is 10.2 Å². The predicted molar refractivity (Wildman–Crippen MR) is 121 cm³/mol. The van der Waals surface area contributed by atoms with E-state index in [2.05, 4.69) is 22.3 Å². The lowest BCUT2D eigenvalue weighted by Gasteiger charge is -2.32. The molecule has 1 fully saturated rings. The van der Waals surface area contributed by atoms with Crippen molar-refractivity contribution in [2.45, 2.75) is 37.9 Å². The summed E-state index contributed by atoms with van der Waals surface area (Å²) >= 11 is 5.93. The van der Waals surface area contributed by atoms with Crippen LogP contribution in [0.1, 0.15) is 24.0 Å². The van der Waals surface area contributed by atoms with Gasteiger partial charge in [-0.1, -0.05) is 54.1 Å². The molecule has 4 nitrogen and oxygen atoms in total. The number of amides is 1. The first kappa shape index (κ1) is 24.7. The molecule has 3 rings (SSSR count). The number of nitrogens with one attached hydrogen (secondary N) is 1. The van der Waals surface area contributed by atoms with Gasteiger partial charge in [0.05, 0.1) is 6.04 Å². The summed E-state index contributed by atoms with van der Waals surface area (Å²) < 4.78 is 0. The van der Waals surface area contributed by atoms with E-state index in [-0.39, 0.29) is 36.8 Å². The molecule has 0 bridgehead atoms. The van der Waals surface area contributed by atoms with E-state index in [1.807, 2.05) is 42.5 Å². The van der Waals surface area contributed by atoms with Crippen LogP contribution in [0.3, 0.4) is 0 Å². The van der Waals surface area contributed by atoms with Crippen LogP contribution < -0.4 is 11.1 Å². The molecule has 1 saturated heterocycles. The molecule has 3 N–H and O–H groups in total. The maximum absolute atomic E-state index is 12.4. The summed E-state index contributed by atoms with van der Waals surface area (Å²) in [5.41, 5.74) is 8.43. The fourth-order valence-electron chi connectivity index (χ4n) is 3.35. The molecule has 1 amide bonds. The van der Waals surface area contributed by atoms with E-state index >= 15 is 0 Å². The summed E-state index contributed by atoms with van der Waals surface area (Å²) in [5.74, 6) is -0.0509. The van der Waals surface area contributed by atoms with Gasteiger partial charge in [-0.3, -0.25) is 9.69 Å². The molecule has 0 aliphatic carbocycles. The highest BCUT2D eigenvalue weighted by Gasteiger charge is 2.23. The lowest BCUT2D eigenvalue weighted by Crippen LogP contribution is -2.50. The minimum atomic E-state index is -0.496. The van der Waals surface area contributed by atoms with Crippen LogP contribution in [-0.2, 0) is 17.8 Å². The number of rotatable bonds is 6. The number of halogens is 3. The van der Waals surface area contributed by atoms with E-state index in [1.165, 1.54) is 5.56 Å². The first-order valence-corrected chi connectivity index (χ1v) is 9.54. The van der Waals surface area contributed by atoms with Gasteiger partial charge < -0.3 is 11.1 Å². The molecule has 0 aromatic heterocycles. The van der Waals surface area contributed by atoms with Gasteiger partial charge in [0, 0.05) is 30.7 Å². The number of hydrogen-bond donors (Lipinski definition) is 2. The summed E-state index contributed by atoms with van der Waals surface area (Å²) in [5, 5.41) is 3.89. The minimum absolute atomic E-state index is 0. The zero-order chi connectivity index (χ0) is 18.4. The smallest absolute Gasteiger partial charge is 0.237 e. The van der Waals surface area contributed by atoms with Crippen molar-refractivity contribution in [3.8, 4) is 0 Å². The highest BCUT2D eigenvalue weighted by molar-refractivity contribution is 6.30. The third-order valence-electron chi connectivity index (χ3n) is 4.89. The normalized spacial score (nSPS) is 15.8. The summed E-state index contributed by atoms with van der Waals surface area (Å²) in [4.78, 5) is 14.8. The van der Waals surface area contributed by atoms with Gasteiger partial charge in [0.15, 0.2) is 0 Å². The van der Waals surface area contributed by atoms with Crippen molar-refractivity contribution in [3.05, 3.63) is 70.7 Å². The molecule has 2 aromatic carbocycles. The van der Waals surface area contributed by atoms with Crippen LogP contribution >= 0.6 is 36.4 Å². The van der Waals surface area contributed by atoms with E-state index < -0.39 is 6.04 Å². The molecular weight excluding hydrogens is 417 g/mol. The number of likely N-dealkylation sites (tertiary alicyclic amines) is 1. The zero-order valence-electron chi connectivity index (χ0n) is 15.7. The molecule has 1 unspecified atom stereocenters. The molecule has 0 saturated carbocycles. The molecule has 0 radical (unpaired) electrons. The third kappa shape index (κ3) is 7.61. The highest BCUT2D eigenvalue weighted by Crippen LogP contribution is 2.16. The van der Waals surface area contributed by atoms with Crippen molar-refractivity contribution >= 4 is 42.3 Å². The minimum Gasteiger partial charge on any atom is -0.352 e. The molecule has 1 heterocycles. The highest BCUT2D eigenvalue weighted by atomic mass is 35.5. The van der Waals surface area contributed by atoms with E-state index in [0.29, 0.717) is 6.42 Å². The third-order valence-corrected chi connectivity index (χ3v) is 5.14. The monoisotopic (exact) mass is 443 g/mol. The Balaban J connectivity index is 0.00000196. The Hall–Kier alpha value is -1.30. The Bertz CT molecular complexity index is 705. The van der Waals surface area contributed by atoms with E-state index in [4.69, 9.17) is 17.3 Å². The van der Waals surface area contributed by atoms with Crippen LogP contribution in [0.25, 0.3) is 0 Å². The number of nitrogens with zero attached hydrogens (tertiary/aromatic N) is 1. The number of piperidine rings is 1. The van der Waals surface area contributed by atoms with Crippen LogP contribution in [0.5, 0.6) is 0 Å². The van der Waals surface area contributed by atoms with Crippen LogP contribution in [0.15, 0.2) is 54.6 Å². The lowest BCUT2D eigenvalue weighted by atomic mass is 10.0. The Kier molecular flexibility index (Phi) is 10.9. The second-order valence-electron chi connectivity index (χ2n) is 6.98. The molecule has 2 aromatic rings. The Labute approximate surface area is 184 Å². The maximum atomic E-state index is 12.4. The Morgan fingerprint density at radius 2 is 1.64 bits per heavy atom. The lowest BCUT2D eigenvalue weighted by molar-refractivity contribution is -0.123. The average molecular weight is 445 g/mol. The average Bonchev–Trinajstić information content (AvgIpc) is 2.66. The van der Waals surface area contributed by atoms with Gasteiger partial charge in [0.1, 0.15) is 0 Å². The van der Waals surface area contributed by atoms with Crippen LogP contribution in [0.2, 0.25) is 5.02 Å². The molecule has 28 heavy (non-hydrogen) atoms. The first-order chi connectivity index (χ1) is 12.6. The molecule has 1 atom stereocenters. The maximum Gasteiger partial charge on any atom is 0.237 e. The SMILES string of the molecule is Cl.Cl.NC(Cc1ccccc1)C(=O)NC1CCN(Cc2ccc(Cl)cc2)CC1. The predicted octanol–water partition coefficient (Wildman–Crippen LogP) is 3.83. The van der Waals surface area contributed by atoms with E-state index in [1.54, 1.807) is 0 Å². The van der Waals surface area contributed by atoms with E-state index in [0.717, 1.165) is 43.1 Å². The second-order valence-corrected chi connectivity index (χ2v) is 7.42. The summed E-state index contributed by atoms with van der Waals surface area (Å²) in [6.07, 6.45) is 2.48. The van der Waals surface area contributed by atoms with Gasteiger partial charge in [0.25, 0.3) is 0 Å². The number of nitrogens with two attached hydrogens (primary N) is 1. The van der Waals surface area contributed by atoms with Gasteiger partial charge in [-0.15, -0.1) is 24.8 Å². The van der Waals surface area contributed by atoms with Gasteiger partial charge in [0.2, 0.25) is 5.91 Å². The number of carbonyl (C=O) groups excluding carboxylic acids is 1. The summed E-state index contributed by atoms with van der Waals surface area (Å²) in [6.45, 7) is 2.87. The van der Waals surface area contributed by atoms with Crippen LogP contribution in [-0.4, -0.2) is 36.0 Å². The molecule has 0 spiro atoms. The first-order valence-electron chi connectivity index (χ1n) is 9.17. The Morgan fingerprint density at radius 3 is 2.25 bits per heavy atom. The fourth-order valence-corrected chi connectivity index (χ4v) is 3.48. The summed E-state index contributed by atoms with van der Waals surface area (Å²) in [6, 6.07) is 17.6. The number of hydrogen-bond acceptors (Lipinski definition) is 3. The molecule has 7 heteroatoms. The van der Waals surface area contributed by atoms with Crippen molar-refractivity contribution in [1.29, 1.82) is 0 Å². The zero-order valence-corrected chi connectivity index (χ0v) is 18.1. The van der Waals surface area contributed by atoms with Crippen molar-refractivity contribution in [3.63, 3.8) is 0 Å². The largest absolute Gasteiger partial charge is 0.352 e. The quantitative estimate of drug-likeness (QED) is 0.712. The Morgan fingerprint density at radius 1 is 1.04 bits per heavy atom. The molecular formula is C21H28Cl3N3O. The number of carbonyl (C=O) groups is 1. The van der Waals surface area contributed by atoms with Gasteiger partial charge in [-0.2, -0.15) is 0 Å². The van der Waals surface area contributed by atoms with Crippen molar-refractivity contribution in [2.24, 2.45) is 5.73 Å². The van der Waals surface area contributed by atoms with Gasteiger partial charge in [-0.25, -0.2) is 0 Å². The van der Waals surface area contributed by atoms with Gasteiger partial charge >= 0.3 is 0 Å². The standard InChI is InChI=1S/C21H26ClN3O.2ClH/c22-18-8-6-17(7-9-18)15-25-12-10-19(11-13-25)24-21(26)20(23)14-16-4-2-1-3-5-16;;/h1-9,19-20H,10-15,23H2,(H,24,26);2*1H. The topological polar surface area (TPSA) is 58.4 Å². The fraction of sp³-hybridized carbons (Fsp3) is 0.381. The van der Waals surface area contributed by atoms with Gasteiger partial charge in [-0.05, 0) is 42.5 Å². The number of benzene rings is 2. The molecule has 154 valence electrons. The summed E-state index contributed by atoms with van der Waals surface area (Å²) in [7, 11) is 0. The molecule has 1 aliphatic heterocycles. The van der Waals surface area contributed by atoms with Crippen LogP contribution in [0, 0.1) is 0 Å². The second kappa shape index (κ2) is 12.3. The van der Waals surface area contributed by atoms with Crippen molar-refractivity contribution in [2.75, 3.05) is 13.1 Å².